The molecule has 2 atom stereocenters. The van der Waals surface area contributed by atoms with Crippen molar-refractivity contribution < 1.29 is 28.6 Å². The number of benzene rings is 1. The van der Waals surface area contributed by atoms with Crippen molar-refractivity contribution in [2.24, 2.45) is 0 Å². The first kappa shape index (κ1) is 15.2. The van der Waals surface area contributed by atoms with E-state index in [9.17, 15) is 23.5 Å². The van der Waals surface area contributed by atoms with Crippen LogP contribution in [0, 0.1) is 11.6 Å². The van der Waals surface area contributed by atoms with E-state index in [0.29, 0.717) is 5.56 Å². The number of carboxylic acids is 1. The Labute approximate surface area is 119 Å². The highest BCUT2D eigenvalue weighted by Gasteiger charge is 2.38. The van der Waals surface area contributed by atoms with E-state index in [0.717, 1.165) is 17.0 Å². The number of aliphatic carboxylic acids is 1. The molecule has 1 aromatic carbocycles. The van der Waals surface area contributed by atoms with Gasteiger partial charge in [0, 0.05) is 19.5 Å². The standard InChI is InChI=1S/C13H14F2N2O4/c14-9-2-1-7(3-10(9)15)5-16-13(21)17-6-8(18)4-11(17)12(19)20/h1-3,8,11,18H,4-6H2,(H,16,21)(H,19,20)/t8-,11+/m1/s1. The second-order valence-electron chi connectivity index (χ2n) is 4.80. The largest absolute Gasteiger partial charge is 0.480 e. The number of carbonyl (C=O) groups excluding carboxylic acids is 1. The third kappa shape index (κ3) is 3.46. The molecule has 114 valence electrons. The number of β-amino-alcohol motifs (C(OH)–C–C–N with tert-alkyl or cyclic N) is 1. The molecule has 2 amide bonds. The second kappa shape index (κ2) is 6.04. The smallest absolute Gasteiger partial charge is 0.326 e. The van der Waals surface area contributed by atoms with Gasteiger partial charge in [0.1, 0.15) is 6.04 Å². The lowest BCUT2D eigenvalue weighted by atomic mass is 10.2. The molecule has 1 aliphatic rings. The van der Waals surface area contributed by atoms with E-state index >= 15 is 0 Å². The molecular weight excluding hydrogens is 286 g/mol. The van der Waals surface area contributed by atoms with Crippen LogP contribution in [0.3, 0.4) is 0 Å². The molecule has 0 aromatic heterocycles. The van der Waals surface area contributed by atoms with Crippen molar-refractivity contribution in [2.75, 3.05) is 6.54 Å². The summed E-state index contributed by atoms with van der Waals surface area (Å²) < 4.78 is 25.8. The molecule has 0 saturated carbocycles. The van der Waals surface area contributed by atoms with Crippen molar-refractivity contribution in [3.63, 3.8) is 0 Å². The zero-order valence-corrected chi connectivity index (χ0v) is 10.9. The lowest BCUT2D eigenvalue weighted by Crippen LogP contribution is -2.45. The van der Waals surface area contributed by atoms with Crippen molar-refractivity contribution in [1.82, 2.24) is 10.2 Å². The third-order valence-electron chi connectivity index (χ3n) is 3.25. The molecule has 0 unspecified atom stereocenters. The number of aliphatic hydroxyl groups excluding tert-OH is 1. The summed E-state index contributed by atoms with van der Waals surface area (Å²) in [5, 5.41) is 20.8. The van der Waals surface area contributed by atoms with E-state index in [4.69, 9.17) is 5.11 Å². The molecule has 1 heterocycles. The maximum absolute atomic E-state index is 13.0. The number of urea groups is 1. The fourth-order valence-corrected chi connectivity index (χ4v) is 2.20. The van der Waals surface area contributed by atoms with Crippen LogP contribution in [0.5, 0.6) is 0 Å². The lowest BCUT2D eigenvalue weighted by Gasteiger charge is -2.21. The van der Waals surface area contributed by atoms with Gasteiger partial charge in [-0.2, -0.15) is 0 Å². The van der Waals surface area contributed by atoms with E-state index in [2.05, 4.69) is 5.32 Å². The third-order valence-corrected chi connectivity index (χ3v) is 3.25. The zero-order valence-electron chi connectivity index (χ0n) is 10.9. The summed E-state index contributed by atoms with van der Waals surface area (Å²) in [5.41, 5.74) is 0.342. The Hall–Kier alpha value is -2.22. The van der Waals surface area contributed by atoms with Gasteiger partial charge >= 0.3 is 12.0 Å². The first-order valence-corrected chi connectivity index (χ1v) is 6.27. The molecule has 1 aromatic rings. The molecule has 1 fully saturated rings. The minimum atomic E-state index is -1.20. The van der Waals surface area contributed by atoms with Gasteiger partial charge in [-0.1, -0.05) is 6.07 Å². The molecule has 3 N–H and O–H groups in total. The van der Waals surface area contributed by atoms with Crippen LogP contribution in [0.25, 0.3) is 0 Å². The molecule has 1 saturated heterocycles. The van der Waals surface area contributed by atoms with Gasteiger partial charge in [0.15, 0.2) is 11.6 Å². The summed E-state index contributed by atoms with van der Waals surface area (Å²) in [6.07, 6.45) is -0.923. The summed E-state index contributed by atoms with van der Waals surface area (Å²) in [5.74, 6) is -3.21. The van der Waals surface area contributed by atoms with Crippen molar-refractivity contribution in [1.29, 1.82) is 0 Å². The number of hydrogen-bond donors (Lipinski definition) is 3. The highest BCUT2D eigenvalue weighted by molar-refractivity contribution is 5.83. The van der Waals surface area contributed by atoms with Crippen molar-refractivity contribution in [3.8, 4) is 0 Å². The number of amides is 2. The molecule has 0 bridgehead atoms. The van der Waals surface area contributed by atoms with E-state index in [1.54, 1.807) is 0 Å². The molecule has 8 heteroatoms. The van der Waals surface area contributed by atoms with Crippen molar-refractivity contribution in [2.45, 2.75) is 25.1 Å². The zero-order chi connectivity index (χ0) is 15.6. The molecule has 2 rings (SSSR count). The molecule has 21 heavy (non-hydrogen) atoms. The lowest BCUT2D eigenvalue weighted by molar-refractivity contribution is -0.141. The summed E-state index contributed by atoms with van der Waals surface area (Å²) in [7, 11) is 0. The number of halogens is 2. The summed E-state index contributed by atoms with van der Waals surface area (Å²) in [4.78, 5) is 23.9. The average molecular weight is 300 g/mol. The Morgan fingerprint density at radius 1 is 1.33 bits per heavy atom. The van der Waals surface area contributed by atoms with Gasteiger partial charge in [-0.25, -0.2) is 18.4 Å². The van der Waals surface area contributed by atoms with Crippen LogP contribution in [-0.4, -0.2) is 45.8 Å². The normalized spacial score (nSPS) is 21.4. The SMILES string of the molecule is O=C(O)[C@@H]1C[C@@H](O)CN1C(=O)NCc1ccc(F)c(F)c1. The Morgan fingerprint density at radius 3 is 2.67 bits per heavy atom. The summed E-state index contributed by atoms with van der Waals surface area (Å²) in [6, 6.07) is 1.43. The molecule has 0 spiro atoms. The first-order chi connectivity index (χ1) is 9.88. The van der Waals surface area contributed by atoms with E-state index in [1.807, 2.05) is 0 Å². The summed E-state index contributed by atoms with van der Waals surface area (Å²) in [6.45, 7) is -0.157. The number of nitrogens with one attached hydrogen (secondary N) is 1. The van der Waals surface area contributed by atoms with Crippen LogP contribution in [-0.2, 0) is 11.3 Å². The predicted molar refractivity (Wildman–Crippen MR) is 67.3 cm³/mol. The number of hydrogen-bond acceptors (Lipinski definition) is 3. The maximum Gasteiger partial charge on any atom is 0.326 e. The maximum atomic E-state index is 13.0. The Kier molecular flexibility index (Phi) is 4.37. The molecular formula is C13H14F2N2O4. The molecule has 6 nitrogen and oxygen atoms in total. The van der Waals surface area contributed by atoms with Crippen LogP contribution in [0.1, 0.15) is 12.0 Å². The fraction of sp³-hybridized carbons (Fsp3) is 0.385. The molecule has 1 aliphatic heterocycles. The number of nitrogens with zero attached hydrogens (tertiary/aromatic N) is 1. The van der Waals surface area contributed by atoms with Crippen LogP contribution >= 0.6 is 0 Å². The van der Waals surface area contributed by atoms with E-state index in [-0.39, 0.29) is 19.5 Å². The Balaban J connectivity index is 1.97. The van der Waals surface area contributed by atoms with Gasteiger partial charge in [-0.3, -0.25) is 0 Å². The molecule has 0 radical (unpaired) electrons. The predicted octanol–water partition coefficient (Wildman–Crippen LogP) is 0.694. The van der Waals surface area contributed by atoms with Gasteiger partial charge in [-0.15, -0.1) is 0 Å². The van der Waals surface area contributed by atoms with Gasteiger partial charge in [0.2, 0.25) is 0 Å². The fourth-order valence-electron chi connectivity index (χ4n) is 2.20. The van der Waals surface area contributed by atoms with Crippen LogP contribution in [0.15, 0.2) is 18.2 Å². The Morgan fingerprint density at radius 2 is 2.05 bits per heavy atom. The number of carboxylic acid groups (broad SMARTS) is 1. The number of rotatable bonds is 3. The topological polar surface area (TPSA) is 89.9 Å². The van der Waals surface area contributed by atoms with Crippen LogP contribution < -0.4 is 5.32 Å². The minimum absolute atomic E-state index is 0.0338. The number of carbonyl (C=O) groups is 2. The minimum Gasteiger partial charge on any atom is -0.480 e. The molecule has 0 aliphatic carbocycles. The highest BCUT2D eigenvalue weighted by atomic mass is 19.2. The van der Waals surface area contributed by atoms with Crippen LogP contribution in [0.2, 0.25) is 0 Å². The quantitative estimate of drug-likeness (QED) is 0.766. The monoisotopic (exact) mass is 300 g/mol. The second-order valence-corrected chi connectivity index (χ2v) is 4.80. The average Bonchev–Trinajstić information content (AvgIpc) is 2.82. The number of likely N-dealkylation sites (tertiary alicyclic amines) is 1. The summed E-state index contributed by atoms with van der Waals surface area (Å²) >= 11 is 0. The van der Waals surface area contributed by atoms with Crippen LogP contribution in [0.4, 0.5) is 13.6 Å². The van der Waals surface area contributed by atoms with Gasteiger partial charge < -0.3 is 20.4 Å². The van der Waals surface area contributed by atoms with Crippen molar-refractivity contribution >= 4 is 12.0 Å². The van der Waals surface area contributed by atoms with Gasteiger partial charge in [0.05, 0.1) is 6.10 Å². The first-order valence-electron chi connectivity index (χ1n) is 6.27. The van der Waals surface area contributed by atoms with Gasteiger partial charge in [-0.05, 0) is 17.7 Å². The van der Waals surface area contributed by atoms with Crippen molar-refractivity contribution in [3.05, 3.63) is 35.4 Å². The van der Waals surface area contributed by atoms with E-state index < -0.39 is 35.8 Å². The van der Waals surface area contributed by atoms with Gasteiger partial charge in [0.25, 0.3) is 0 Å². The Bertz CT molecular complexity index is 567. The van der Waals surface area contributed by atoms with E-state index in [1.165, 1.54) is 6.07 Å². The highest BCUT2D eigenvalue weighted by Crippen LogP contribution is 2.18. The number of aliphatic hydroxyl groups is 1.